The van der Waals surface area contributed by atoms with Crippen molar-refractivity contribution >= 4 is 0 Å². The van der Waals surface area contributed by atoms with Crippen LogP contribution in [-0.2, 0) is 0 Å². The minimum atomic E-state index is -0.382. The molecule has 3 N–H and O–H groups in total. The summed E-state index contributed by atoms with van der Waals surface area (Å²) in [7, 11) is 1.62. The maximum absolute atomic E-state index is 13.9. The van der Waals surface area contributed by atoms with Crippen molar-refractivity contribution in [2.45, 2.75) is 13.0 Å². The molecular formula is C15H17FN2O. The first kappa shape index (κ1) is 13.5. The van der Waals surface area contributed by atoms with Crippen molar-refractivity contribution in [3.8, 4) is 5.75 Å². The van der Waals surface area contributed by atoms with Crippen molar-refractivity contribution < 1.29 is 9.13 Å². The molecule has 0 aliphatic carbocycles. The molecule has 19 heavy (non-hydrogen) atoms. The van der Waals surface area contributed by atoms with Gasteiger partial charge in [0.25, 0.3) is 0 Å². The van der Waals surface area contributed by atoms with Crippen LogP contribution in [0.2, 0.25) is 0 Å². The molecule has 0 aromatic heterocycles. The molecular weight excluding hydrogens is 243 g/mol. The van der Waals surface area contributed by atoms with Gasteiger partial charge in [-0.2, -0.15) is 0 Å². The summed E-state index contributed by atoms with van der Waals surface area (Å²) >= 11 is 0. The lowest BCUT2D eigenvalue weighted by Gasteiger charge is -2.20. The summed E-state index contributed by atoms with van der Waals surface area (Å²) in [4.78, 5) is 0. The number of aryl methyl sites for hydroxylation is 1. The fraction of sp³-hybridized carbons (Fsp3) is 0.200. The zero-order chi connectivity index (χ0) is 13.8. The smallest absolute Gasteiger partial charge is 0.128 e. The highest BCUT2D eigenvalue weighted by molar-refractivity contribution is 5.41. The molecule has 0 amide bonds. The second kappa shape index (κ2) is 5.82. The lowest BCUT2D eigenvalue weighted by atomic mass is 9.95. The average molecular weight is 260 g/mol. The van der Waals surface area contributed by atoms with Crippen molar-refractivity contribution in [3.63, 3.8) is 0 Å². The van der Waals surface area contributed by atoms with E-state index in [4.69, 9.17) is 10.6 Å². The Labute approximate surface area is 112 Å². The van der Waals surface area contributed by atoms with Gasteiger partial charge in [0.05, 0.1) is 13.2 Å². The predicted octanol–water partition coefficient (Wildman–Crippen LogP) is 2.70. The van der Waals surface area contributed by atoms with E-state index in [9.17, 15) is 4.39 Å². The Bertz CT molecular complexity index is 572. The van der Waals surface area contributed by atoms with Crippen LogP contribution in [-0.4, -0.2) is 7.11 Å². The van der Waals surface area contributed by atoms with Gasteiger partial charge >= 0.3 is 0 Å². The fourth-order valence-electron chi connectivity index (χ4n) is 2.16. The summed E-state index contributed by atoms with van der Waals surface area (Å²) in [5, 5.41) is 0. The van der Waals surface area contributed by atoms with Crippen LogP contribution in [0.5, 0.6) is 5.75 Å². The van der Waals surface area contributed by atoms with Crippen molar-refractivity contribution in [1.82, 2.24) is 5.43 Å². The standard InChI is InChI=1S/C15H17FN2O/c1-10-9-11(19-2)7-8-12(10)15(18-17)13-5-3-4-6-14(13)16/h3-9,15,18H,17H2,1-2H3. The van der Waals surface area contributed by atoms with E-state index in [1.54, 1.807) is 25.3 Å². The van der Waals surface area contributed by atoms with E-state index in [0.29, 0.717) is 5.56 Å². The second-order valence-corrected chi connectivity index (χ2v) is 4.34. The number of benzene rings is 2. The molecule has 1 unspecified atom stereocenters. The molecule has 3 nitrogen and oxygen atoms in total. The molecule has 0 fully saturated rings. The van der Waals surface area contributed by atoms with E-state index in [-0.39, 0.29) is 11.9 Å². The normalized spacial score (nSPS) is 12.2. The molecule has 100 valence electrons. The van der Waals surface area contributed by atoms with Gasteiger partial charge in [0, 0.05) is 5.56 Å². The van der Waals surface area contributed by atoms with Crippen LogP contribution in [0.3, 0.4) is 0 Å². The molecule has 0 heterocycles. The van der Waals surface area contributed by atoms with E-state index in [1.165, 1.54) is 6.07 Å². The number of ether oxygens (including phenoxy) is 1. The van der Waals surface area contributed by atoms with Gasteiger partial charge in [0.15, 0.2) is 0 Å². The molecule has 2 rings (SSSR count). The van der Waals surface area contributed by atoms with Crippen molar-refractivity contribution in [2.24, 2.45) is 5.84 Å². The van der Waals surface area contributed by atoms with Gasteiger partial charge in [-0.1, -0.05) is 24.3 Å². The Morgan fingerprint density at radius 1 is 1.16 bits per heavy atom. The molecule has 1 atom stereocenters. The summed E-state index contributed by atoms with van der Waals surface area (Å²) in [6, 6.07) is 11.9. The summed E-state index contributed by atoms with van der Waals surface area (Å²) in [5.41, 5.74) is 5.11. The van der Waals surface area contributed by atoms with Crippen LogP contribution in [0.25, 0.3) is 0 Å². The van der Waals surface area contributed by atoms with Crippen LogP contribution in [0.15, 0.2) is 42.5 Å². The maximum atomic E-state index is 13.9. The third kappa shape index (κ3) is 2.75. The summed E-state index contributed by atoms with van der Waals surface area (Å²) < 4.78 is 19.0. The Morgan fingerprint density at radius 2 is 1.89 bits per heavy atom. The minimum Gasteiger partial charge on any atom is -0.497 e. The molecule has 0 aliphatic rings. The zero-order valence-electron chi connectivity index (χ0n) is 11.0. The van der Waals surface area contributed by atoms with Gasteiger partial charge in [-0.3, -0.25) is 5.84 Å². The molecule has 0 saturated carbocycles. The molecule has 2 aromatic rings. The van der Waals surface area contributed by atoms with Gasteiger partial charge in [-0.05, 0) is 36.2 Å². The first-order valence-corrected chi connectivity index (χ1v) is 6.02. The Kier molecular flexibility index (Phi) is 4.14. The Hall–Kier alpha value is -1.91. The van der Waals surface area contributed by atoms with Crippen LogP contribution < -0.4 is 16.0 Å². The van der Waals surface area contributed by atoms with Gasteiger partial charge in [0.2, 0.25) is 0 Å². The molecule has 0 aliphatic heterocycles. The highest BCUT2D eigenvalue weighted by Gasteiger charge is 2.18. The number of nitrogens with two attached hydrogens (primary N) is 1. The van der Waals surface area contributed by atoms with Gasteiger partial charge in [-0.25, -0.2) is 9.82 Å². The zero-order valence-corrected chi connectivity index (χ0v) is 11.0. The molecule has 0 saturated heterocycles. The summed E-state index contributed by atoms with van der Waals surface area (Å²) in [6.07, 6.45) is 0. The van der Waals surface area contributed by atoms with Crippen LogP contribution >= 0.6 is 0 Å². The van der Waals surface area contributed by atoms with Crippen molar-refractivity contribution in [2.75, 3.05) is 7.11 Å². The number of methoxy groups -OCH3 is 1. The fourth-order valence-corrected chi connectivity index (χ4v) is 2.16. The first-order chi connectivity index (χ1) is 9.17. The maximum Gasteiger partial charge on any atom is 0.128 e. The SMILES string of the molecule is COc1ccc(C(NN)c2ccccc2F)c(C)c1. The molecule has 0 bridgehead atoms. The lowest BCUT2D eigenvalue weighted by Crippen LogP contribution is -2.30. The van der Waals surface area contributed by atoms with E-state index in [2.05, 4.69) is 5.43 Å². The van der Waals surface area contributed by atoms with Crippen molar-refractivity contribution in [1.29, 1.82) is 0 Å². The van der Waals surface area contributed by atoms with Crippen molar-refractivity contribution in [3.05, 3.63) is 65.0 Å². The molecule has 0 radical (unpaired) electrons. The molecule has 0 spiro atoms. The second-order valence-electron chi connectivity index (χ2n) is 4.34. The summed E-state index contributed by atoms with van der Waals surface area (Å²) in [6.45, 7) is 1.95. The summed E-state index contributed by atoms with van der Waals surface area (Å²) in [5.74, 6) is 6.09. The average Bonchev–Trinajstić information content (AvgIpc) is 2.43. The highest BCUT2D eigenvalue weighted by Crippen LogP contribution is 2.28. The number of hydrogen-bond donors (Lipinski definition) is 2. The third-order valence-corrected chi connectivity index (χ3v) is 3.17. The molecule has 4 heteroatoms. The van der Waals surface area contributed by atoms with Gasteiger partial charge in [0.1, 0.15) is 11.6 Å². The Morgan fingerprint density at radius 3 is 2.47 bits per heavy atom. The monoisotopic (exact) mass is 260 g/mol. The first-order valence-electron chi connectivity index (χ1n) is 6.02. The van der Waals surface area contributed by atoms with E-state index < -0.39 is 0 Å². The number of nitrogens with one attached hydrogen (secondary N) is 1. The van der Waals surface area contributed by atoms with Crippen LogP contribution in [0.4, 0.5) is 4.39 Å². The van der Waals surface area contributed by atoms with E-state index >= 15 is 0 Å². The Balaban J connectivity index is 2.46. The van der Waals surface area contributed by atoms with E-state index in [0.717, 1.165) is 16.9 Å². The topological polar surface area (TPSA) is 47.3 Å². The quantitative estimate of drug-likeness (QED) is 0.656. The number of hydrogen-bond acceptors (Lipinski definition) is 3. The number of rotatable bonds is 4. The van der Waals surface area contributed by atoms with Crippen LogP contribution in [0.1, 0.15) is 22.7 Å². The highest BCUT2D eigenvalue weighted by atomic mass is 19.1. The minimum absolute atomic E-state index is 0.277. The van der Waals surface area contributed by atoms with Crippen LogP contribution in [0, 0.1) is 12.7 Å². The number of halogens is 1. The lowest BCUT2D eigenvalue weighted by molar-refractivity contribution is 0.414. The van der Waals surface area contributed by atoms with E-state index in [1.807, 2.05) is 25.1 Å². The third-order valence-electron chi connectivity index (χ3n) is 3.17. The van der Waals surface area contributed by atoms with Gasteiger partial charge in [-0.15, -0.1) is 0 Å². The predicted molar refractivity (Wildman–Crippen MR) is 73.3 cm³/mol. The largest absolute Gasteiger partial charge is 0.497 e. The number of hydrazine groups is 1. The molecule has 2 aromatic carbocycles. The van der Waals surface area contributed by atoms with Gasteiger partial charge < -0.3 is 4.74 Å².